The zero-order valence-corrected chi connectivity index (χ0v) is 17.1. The van der Waals surface area contributed by atoms with Gasteiger partial charge in [-0.25, -0.2) is 14.4 Å². The summed E-state index contributed by atoms with van der Waals surface area (Å²) in [6.45, 7) is 0. The maximum Gasteiger partial charge on any atom is 0.348 e. The van der Waals surface area contributed by atoms with Gasteiger partial charge >= 0.3 is 17.9 Å². The Morgan fingerprint density at radius 2 is 1.24 bits per heavy atom. The van der Waals surface area contributed by atoms with E-state index < -0.39 is 36.2 Å². The molecule has 0 aromatic carbocycles. The molecule has 0 aromatic rings. The zero-order valence-electron chi connectivity index (χ0n) is 14.6. The van der Waals surface area contributed by atoms with E-state index in [-0.39, 0.29) is 19.3 Å². The Bertz CT molecular complexity index is 420. The Morgan fingerprint density at radius 3 is 1.72 bits per heavy atom. The fourth-order valence-corrected chi connectivity index (χ4v) is 3.05. The molecule has 0 aliphatic rings. The van der Waals surface area contributed by atoms with Gasteiger partial charge in [0.25, 0.3) is 0 Å². The van der Waals surface area contributed by atoms with Crippen LogP contribution in [-0.2, 0) is 23.9 Å². The van der Waals surface area contributed by atoms with Gasteiger partial charge < -0.3 is 19.7 Å². The molecule has 0 bridgehead atoms. The van der Waals surface area contributed by atoms with Crippen LogP contribution in [0.2, 0.25) is 0 Å². The molecule has 0 saturated carbocycles. The Hall–Kier alpha value is -0.580. The van der Waals surface area contributed by atoms with Crippen molar-refractivity contribution in [3.05, 3.63) is 0 Å². The topological polar surface area (TPSA) is 110 Å². The lowest BCUT2D eigenvalue weighted by Crippen LogP contribution is -2.38. The number of thioether (sulfide) groups is 3. The highest BCUT2D eigenvalue weighted by atomic mass is 32.2. The lowest BCUT2D eigenvalue weighted by atomic mass is 10.2. The first kappa shape index (κ1) is 24.4. The Kier molecular flexibility index (Phi) is 14.2. The highest BCUT2D eigenvalue weighted by molar-refractivity contribution is 7.98. The summed E-state index contributed by atoms with van der Waals surface area (Å²) in [7, 11) is 0. The van der Waals surface area contributed by atoms with Crippen molar-refractivity contribution in [2.45, 2.75) is 37.6 Å². The predicted molar refractivity (Wildman–Crippen MR) is 102 cm³/mol. The van der Waals surface area contributed by atoms with Gasteiger partial charge in [0.15, 0.2) is 18.3 Å². The van der Waals surface area contributed by atoms with Crippen LogP contribution in [0.25, 0.3) is 0 Å². The molecule has 0 fully saturated rings. The van der Waals surface area contributed by atoms with Gasteiger partial charge in [0, 0.05) is 12.8 Å². The quantitative estimate of drug-likeness (QED) is 0.406. The van der Waals surface area contributed by atoms with Crippen LogP contribution in [0, 0.1) is 0 Å². The summed E-state index contributed by atoms with van der Waals surface area (Å²) in [5.74, 6) is -1.41. The highest BCUT2D eigenvalue weighted by Gasteiger charge is 2.31. The molecule has 0 aliphatic carbocycles. The summed E-state index contributed by atoms with van der Waals surface area (Å²) in [4.78, 5) is 35.3. The number of aliphatic hydroxyl groups is 1. The van der Waals surface area contributed by atoms with Crippen molar-refractivity contribution in [1.82, 2.24) is 0 Å². The SMILES string of the molecule is CSCCC(O)C(=O)OC(CCSC)C(=O)OC(CCSC)C(=O)O. The molecule has 3 atom stereocenters. The normalized spacial score (nSPS) is 14.4. The Balaban J connectivity index is 4.83. The number of carbonyl (C=O) groups is 3. The molecule has 0 saturated heterocycles. The maximum absolute atomic E-state index is 12.2. The smallest absolute Gasteiger partial charge is 0.348 e. The summed E-state index contributed by atoms with van der Waals surface area (Å²) in [5, 5.41) is 18.9. The van der Waals surface area contributed by atoms with Crippen molar-refractivity contribution >= 4 is 53.2 Å². The van der Waals surface area contributed by atoms with Crippen molar-refractivity contribution in [2.75, 3.05) is 36.0 Å². The summed E-state index contributed by atoms with van der Waals surface area (Å²) in [6, 6.07) is 0. The molecule has 0 heterocycles. The number of esters is 2. The third kappa shape index (κ3) is 10.9. The summed E-state index contributed by atoms with van der Waals surface area (Å²) in [6.07, 6.45) is 2.25. The van der Waals surface area contributed by atoms with E-state index in [1.807, 2.05) is 18.8 Å². The summed E-state index contributed by atoms with van der Waals surface area (Å²) >= 11 is 4.37. The lowest BCUT2D eigenvalue weighted by Gasteiger charge is -2.21. The molecular formula is C15H26O7S3. The number of rotatable bonds is 14. The molecule has 0 amide bonds. The third-order valence-electron chi connectivity index (χ3n) is 3.09. The largest absolute Gasteiger partial charge is 0.479 e. The second-order valence-corrected chi connectivity index (χ2v) is 8.01. The van der Waals surface area contributed by atoms with Crippen LogP contribution in [0.1, 0.15) is 19.3 Å². The number of carboxylic acids is 1. The van der Waals surface area contributed by atoms with Gasteiger partial charge in [-0.3, -0.25) is 0 Å². The van der Waals surface area contributed by atoms with Crippen LogP contribution in [0.3, 0.4) is 0 Å². The second-order valence-electron chi connectivity index (χ2n) is 5.05. The van der Waals surface area contributed by atoms with Crippen molar-refractivity contribution in [2.24, 2.45) is 0 Å². The van der Waals surface area contributed by atoms with E-state index >= 15 is 0 Å². The number of carbonyl (C=O) groups excluding carboxylic acids is 2. The first-order chi connectivity index (χ1) is 11.9. The van der Waals surface area contributed by atoms with Gasteiger partial charge in [0.05, 0.1) is 0 Å². The van der Waals surface area contributed by atoms with Crippen molar-refractivity contribution in [3.63, 3.8) is 0 Å². The molecule has 3 unspecified atom stereocenters. The molecule has 2 N–H and O–H groups in total. The highest BCUT2D eigenvalue weighted by Crippen LogP contribution is 2.13. The lowest BCUT2D eigenvalue weighted by molar-refractivity contribution is -0.180. The van der Waals surface area contributed by atoms with Gasteiger partial charge in [-0.2, -0.15) is 35.3 Å². The van der Waals surface area contributed by atoms with Crippen LogP contribution in [0.15, 0.2) is 0 Å². The minimum Gasteiger partial charge on any atom is -0.479 e. The number of aliphatic carboxylic acids is 1. The average Bonchev–Trinajstić information content (AvgIpc) is 2.59. The minimum atomic E-state index is -1.32. The average molecular weight is 415 g/mol. The number of aliphatic hydroxyl groups excluding tert-OH is 1. The van der Waals surface area contributed by atoms with E-state index in [9.17, 15) is 19.5 Å². The van der Waals surface area contributed by atoms with Crippen molar-refractivity contribution in [3.8, 4) is 0 Å². The number of hydrogen-bond acceptors (Lipinski definition) is 9. The molecule has 0 spiro atoms. The van der Waals surface area contributed by atoms with Gasteiger partial charge in [0.1, 0.15) is 0 Å². The van der Waals surface area contributed by atoms with Gasteiger partial charge in [-0.1, -0.05) is 0 Å². The summed E-state index contributed by atoms with van der Waals surface area (Å²) in [5.41, 5.74) is 0. The number of carboxylic acid groups (broad SMARTS) is 1. The molecule has 7 nitrogen and oxygen atoms in total. The predicted octanol–water partition coefficient (Wildman–Crippen LogP) is 1.51. The summed E-state index contributed by atoms with van der Waals surface area (Å²) < 4.78 is 10.1. The van der Waals surface area contributed by atoms with Gasteiger partial charge in [0.2, 0.25) is 0 Å². The minimum absolute atomic E-state index is 0.168. The molecule has 0 aromatic heterocycles. The van der Waals surface area contributed by atoms with Crippen LogP contribution >= 0.6 is 35.3 Å². The van der Waals surface area contributed by atoms with Gasteiger partial charge in [-0.05, 0) is 42.4 Å². The van der Waals surface area contributed by atoms with Crippen molar-refractivity contribution in [1.29, 1.82) is 0 Å². The molecule has 0 radical (unpaired) electrons. The second kappa shape index (κ2) is 14.6. The maximum atomic E-state index is 12.2. The first-order valence-corrected chi connectivity index (χ1v) is 11.8. The number of hydrogen-bond donors (Lipinski definition) is 2. The van der Waals surface area contributed by atoms with Crippen LogP contribution in [0.4, 0.5) is 0 Å². The fourth-order valence-electron chi connectivity index (χ4n) is 1.69. The van der Waals surface area contributed by atoms with Crippen molar-refractivity contribution < 1.29 is 34.1 Å². The molecule has 0 rings (SSSR count). The first-order valence-electron chi connectivity index (χ1n) is 7.66. The monoisotopic (exact) mass is 414 g/mol. The molecule has 10 heteroatoms. The standard InChI is InChI=1S/C15H26O7S3/c1-23-7-4-10(16)14(19)22-12(6-9-25-3)15(20)21-11(13(17)18)5-8-24-2/h10-12,16H,4-9H2,1-3H3,(H,17,18). The number of ether oxygens (including phenoxy) is 2. The van der Waals surface area contributed by atoms with Crippen LogP contribution in [0.5, 0.6) is 0 Å². The van der Waals surface area contributed by atoms with E-state index in [0.29, 0.717) is 17.3 Å². The fraction of sp³-hybridized carbons (Fsp3) is 0.800. The molecule has 25 heavy (non-hydrogen) atoms. The van der Waals surface area contributed by atoms with E-state index in [1.165, 1.54) is 35.3 Å². The molecular weight excluding hydrogens is 388 g/mol. The van der Waals surface area contributed by atoms with E-state index in [0.717, 1.165) is 0 Å². The zero-order chi connectivity index (χ0) is 19.2. The molecule has 146 valence electrons. The Morgan fingerprint density at radius 1 is 0.800 bits per heavy atom. The van der Waals surface area contributed by atoms with E-state index in [2.05, 4.69) is 0 Å². The molecule has 0 aliphatic heterocycles. The van der Waals surface area contributed by atoms with E-state index in [4.69, 9.17) is 14.6 Å². The van der Waals surface area contributed by atoms with Crippen LogP contribution < -0.4 is 0 Å². The van der Waals surface area contributed by atoms with Crippen LogP contribution in [-0.4, -0.2) is 82.5 Å². The van der Waals surface area contributed by atoms with E-state index in [1.54, 1.807) is 0 Å². The Labute approximate surface area is 161 Å². The third-order valence-corrected chi connectivity index (χ3v) is 5.02. The van der Waals surface area contributed by atoms with Gasteiger partial charge in [-0.15, -0.1) is 0 Å².